The predicted octanol–water partition coefficient (Wildman–Crippen LogP) is 1.89. The van der Waals surface area contributed by atoms with Crippen molar-refractivity contribution in [2.75, 3.05) is 0 Å². The van der Waals surface area contributed by atoms with Gasteiger partial charge in [-0.3, -0.25) is 0 Å². The number of phenolic OH excluding ortho intramolecular Hbond substituents is 1. The Labute approximate surface area is 76.3 Å². The van der Waals surface area contributed by atoms with Crippen LogP contribution in [0.1, 0.15) is 5.82 Å². The second-order valence-corrected chi connectivity index (χ2v) is 2.86. The number of hydrogen-bond acceptors (Lipinski definition) is 2. The van der Waals surface area contributed by atoms with E-state index in [2.05, 4.69) is 4.98 Å². The first-order chi connectivity index (χ1) is 6.27. The molecule has 2 aromatic rings. The number of rotatable bonds is 1. The molecule has 0 aliphatic rings. The summed E-state index contributed by atoms with van der Waals surface area (Å²) in [6.07, 6.45) is 3.64. The van der Waals surface area contributed by atoms with Crippen molar-refractivity contribution in [3.05, 3.63) is 42.5 Å². The number of benzene rings is 1. The molecule has 0 saturated carbocycles. The van der Waals surface area contributed by atoms with Gasteiger partial charge in [-0.05, 0) is 31.2 Å². The minimum atomic E-state index is 0.279. The van der Waals surface area contributed by atoms with E-state index in [0.717, 1.165) is 11.5 Å². The van der Waals surface area contributed by atoms with Crippen LogP contribution >= 0.6 is 0 Å². The number of hydrogen-bond donors (Lipinski definition) is 1. The summed E-state index contributed by atoms with van der Waals surface area (Å²) < 4.78 is 1.96. The quantitative estimate of drug-likeness (QED) is 0.716. The van der Waals surface area contributed by atoms with Crippen LogP contribution in [0.15, 0.2) is 36.7 Å². The van der Waals surface area contributed by atoms with Crippen molar-refractivity contribution in [1.29, 1.82) is 0 Å². The third kappa shape index (κ3) is 1.40. The fourth-order valence-corrected chi connectivity index (χ4v) is 1.26. The van der Waals surface area contributed by atoms with Gasteiger partial charge in [-0.15, -0.1) is 0 Å². The Hall–Kier alpha value is -1.77. The fourth-order valence-electron chi connectivity index (χ4n) is 1.26. The summed E-state index contributed by atoms with van der Waals surface area (Å²) in [7, 11) is 0. The molecule has 3 nitrogen and oxygen atoms in total. The minimum absolute atomic E-state index is 0.279. The summed E-state index contributed by atoms with van der Waals surface area (Å²) in [6.45, 7) is 1.94. The van der Waals surface area contributed by atoms with Crippen molar-refractivity contribution >= 4 is 0 Å². The van der Waals surface area contributed by atoms with Gasteiger partial charge < -0.3 is 9.67 Å². The third-order valence-corrected chi connectivity index (χ3v) is 1.95. The fraction of sp³-hybridized carbons (Fsp3) is 0.100. The zero-order valence-corrected chi connectivity index (χ0v) is 7.31. The molecule has 0 aliphatic heterocycles. The van der Waals surface area contributed by atoms with Crippen molar-refractivity contribution in [3.8, 4) is 11.4 Å². The second kappa shape index (κ2) is 2.94. The predicted molar refractivity (Wildman–Crippen MR) is 50.0 cm³/mol. The number of aromatic hydroxyl groups is 1. The molecule has 0 unspecified atom stereocenters. The first-order valence-corrected chi connectivity index (χ1v) is 4.07. The summed E-state index contributed by atoms with van der Waals surface area (Å²) in [5.41, 5.74) is 1.01. The average Bonchev–Trinajstić information content (AvgIpc) is 2.53. The highest BCUT2D eigenvalue weighted by molar-refractivity contribution is 5.37. The van der Waals surface area contributed by atoms with Crippen LogP contribution in [-0.4, -0.2) is 14.7 Å². The Balaban J connectivity index is 2.47. The number of aromatic nitrogens is 2. The lowest BCUT2D eigenvalue weighted by Gasteiger charge is -2.03. The van der Waals surface area contributed by atoms with Crippen LogP contribution in [0.3, 0.4) is 0 Å². The van der Waals surface area contributed by atoms with Crippen molar-refractivity contribution in [3.63, 3.8) is 0 Å². The highest BCUT2D eigenvalue weighted by Gasteiger charge is 1.98. The Morgan fingerprint density at radius 2 is 1.92 bits per heavy atom. The molecule has 0 radical (unpaired) electrons. The third-order valence-electron chi connectivity index (χ3n) is 1.95. The Bertz CT molecular complexity index is 403. The van der Waals surface area contributed by atoms with E-state index in [1.807, 2.05) is 29.8 Å². The lowest BCUT2D eigenvalue weighted by molar-refractivity contribution is 0.475. The van der Waals surface area contributed by atoms with Crippen molar-refractivity contribution in [2.45, 2.75) is 6.92 Å². The molecule has 3 heteroatoms. The van der Waals surface area contributed by atoms with Crippen LogP contribution < -0.4 is 0 Å². The summed E-state index contributed by atoms with van der Waals surface area (Å²) in [5, 5.41) is 9.10. The van der Waals surface area contributed by atoms with Gasteiger partial charge in [0.1, 0.15) is 11.6 Å². The normalized spacial score (nSPS) is 10.2. The lowest BCUT2D eigenvalue weighted by Crippen LogP contribution is -1.94. The van der Waals surface area contributed by atoms with Gasteiger partial charge in [0.15, 0.2) is 0 Å². The number of nitrogens with zero attached hydrogens (tertiary/aromatic N) is 2. The van der Waals surface area contributed by atoms with E-state index in [1.165, 1.54) is 0 Å². The maximum Gasteiger partial charge on any atom is 0.115 e. The van der Waals surface area contributed by atoms with Crippen LogP contribution in [0.4, 0.5) is 0 Å². The molecule has 1 aromatic carbocycles. The molecule has 0 bridgehead atoms. The summed E-state index contributed by atoms with van der Waals surface area (Å²) in [6, 6.07) is 7.03. The molecule has 0 saturated heterocycles. The van der Waals surface area contributed by atoms with Gasteiger partial charge >= 0.3 is 0 Å². The van der Waals surface area contributed by atoms with E-state index in [4.69, 9.17) is 5.11 Å². The molecule has 0 spiro atoms. The van der Waals surface area contributed by atoms with Gasteiger partial charge in [-0.2, -0.15) is 0 Å². The Morgan fingerprint density at radius 3 is 2.46 bits per heavy atom. The number of aryl methyl sites for hydroxylation is 1. The molecular formula is C10H10N2O. The molecule has 0 amide bonds. The van der Waals surface area contributed by atoms with Crippen LogP contribution in [-0.2, 0) is 0 Å². The van der Waals surface area contributed by atoms with E-state index in [-0.39, 0.29) is 5.75 Å². The van der Waals surface area contributed by atoms with Crippen molar-refractivity contribution in [1.82, 2.24) is 9.55 Å². The average molecular weight is 174 g/mol. The van der Waals surface area contributed by atoms with Gasteiger partial charge in [0.05, 0.1) is 0 Å². The first-order valence-electron chi connectivity index (χ1n) is 4.07. The highest BCUT2D eigenvalue weighted by Crippen LogP contribution is 2.14. The largest absolute Gasteiger partial charge is 0.508 e. The van der Waals surface area contributed by atoms with E-state index < -0.39 is 0 Å². The molecule has 0 aliphatic carbocycles. The van der Waals surface area contributed by atoms with E-state index in [1.54, 1.807) is 18.3 Å². The summed E-state index contributed by atoms with van der Waals surface area (Å²) >= 11 is 0. The first kappa shape index (κ1) is 7.86. The maximum absolute atomic E-state index is 9.10. The topological polar surface area (TPSA) is 38.0 Å². The summed E-state index contributed by atoms with van der Waals surface area (Å²) in [5.74, 6) is 1.22. The monoisotopic (exact) mass is 174 g/mol. The van der Waals surface area contributed by atoms with Gasteiger partial charge in [-0.1, -0.05) is 0 Å². The molecule has 0 atom stereocenters. The minimum Gasteiger partial charge on any atom is -0.508 e. The standard InChI is InChI=1S/C10H10N2O/c1-8-11-6-7-12(8)9-2-4-10(13)5-3-9/h2-7,13H,1H3. The van der Waals surface area contributed by atoms with Crippen LogP contribution in [0.5, 0.6) is 5.75 Å². The van der Waals surface area contributed by atoms with Crippen LogP contribution in [0, 0.1) is 6.92 Å². The second-order valence-electron chi connectivity index (χ2n) is 2.86. The van der Waals surface area contributed by atoms with E-state index >= 15 is 0 Å². The smallest absolute Gasteiger partial charge is 0.115 e. The van der Waals surface area contributed by atoms with E-state index in [9.17, 15) is 0 Å². The van der Waals surface area contributed by atoms with Crippen LogP contribution in [0.2, 0.25) is 0 Å². The maximum atomic E-state index is 9.10. The van der Waals surface area contributed by atoms with E-state index in [0.29, 0.717) is 0 Å². The zero-order chi connectivity index (χ0) is 9.26. The summed E-state index contributed by atoms with van der Waals surface area (Å²) in [4.78, 5) is 4.12. The van der Waals surface area contributed by atoms with Gasteiger partial charge in [0.25, 0.3) is 0 Å². The Kier molecular flexibility index (Phi) is 1.77. The van der Waals surface area contributed by atoms with Crippen molar-refractivity contribution in [2.24, 2.45) is 0 Å². The number of phenols is 1. The molecule has 66 valence electrons. The van der Waals surface area contributed by atoms with Crippen molar-refractivity contribution < 1.29 is 5.11 Å². The Morgan fingerprint density at radius 1 is 1.23 bits per heavy atom. The molecule has 1 aromatic heterocycles. The molecule has 1 N–H and O–H groups in total. The highest BCUT2D eigenvalue weighted by atomic mass is 16.3. The van der Waals surface area contributed by atoms with Crippen LogP contribution in [0.25, 0.3) is 5.69 Å². The molecule has 0 fully saturated rings. The lowest BCUT2D eigenvalue weighted by atomic mass is 10.3. The number of imidazole rings is 1. The molecule has 2 rings (SSSR count). The van der Waals surface area contributed by atoms with Gasteiger partial charge in [0, 0.05) is 18.1 Å². The SMILES string of the molecule is Cc1nccn1-c1ccc(O)cc1. The van der Waals surface area contributed by atoms with Gasteiger partial charge in [-0.25, -0.2) is 4.98 Å². The zero-order valence-electron chi connectivity index (χ0n) is 7.31. The van der Waals surface area contributed by atoms with Gasteiger partial charge in [0.2, 0.25) is 0 Å². The molecule has 1 heterocycles. The molecule has 13 heavy (non-hydrogen) atoms. The molecular weight excluding hydrogens is 164 g/mol.